The number of aliphatic hydroxyl groups excluding tert-OH is 1. The maximum absolute atomic E-state index is 12.1. The maximum Gasteiger partial charge on any atom is 0.278 e. The number of aromatic nitrogens is 2. The van der Waals surface area contributed by atoms with E-state index < -0.39 is 10.0 Å². The van der Waals surface area contributed by atoms with Gasteiger partial charge in [-0.3, -0.25) is 4.72 Å². The van der Waals surface area contributed by atoms with Gasteiger partial charge >= 0.3 is 0 Å². The molecule has 0 saturated heterocycles. The van der Waals surface area contributed by atoms with E-state index in [1.165, 1.54) is 12.5 Å². The normalized spacial score (nSPS) is 10.7. The molecule has 3 N–H and O–H groups in total. The zero-order chi connectivity index (χ0) is 14.6. The van der Waals surface area contributed by atoms with Crippen molar-refractivity contribution in [3.8, 4) is 11.8 Å². The van der Waals surface area contributed by atoms with E-state index >= 15 is 0 Å². The average Bonchev–Trinajstić information content (AvgIpc) is 2.94. The molecule has 2 aromatic rings. The van der Waals surface area contributed by atoms with Gasteiger partial charge in [-0.25, -0.2) is 4.98 Å². The number of aryl methyl sites for hydroxylation is 1. The zero-order valence-electron chi connectivity index (χ0n) is 10.7. The summed E-state index contributed by atoms with van der Waals surface area (Å²) in [6, 6.07) is 5.13. The number of anilines is 1. The molecule has 0 fully saturated rings. The number of H-pyrrole nitrogens is 1. The first-order valence-corrected chi connectivity index (χ1v) is 7.23. The third-order valence-electron chi connectivity index (χ3n) is 2.56. The fraction of sp³-hybridized carbons (Fsp3) is 0.154. The first-order valence-electron chi connectivity index (χ1n) is 5.74. The molecule has 0 unspecified atom stereocenters. The van der Waals surface area contributed by atoms with Crippen LogP contribution < -0.4 is 4.72 Å². The highest BCUT2D eigenvalue weighted by Crippen LogP contribution is 2.20. The summed E-state index contributed by atoms with van der Waals surface area (Å²) >= 11 is 0. The van der Waals surface area contributed by atoms with Crippen molar-refractivity contribution in [1.29, 1.82) is 0 Å². The highest BCUT2D eigenvalue weighted by atomic mass is 32.2. The fourth-order valence-corrected chi connectivity index (χ4v) is 2.57. The van der Waals surface area contributed by atoms with Crippen LogP contribution in [0.4, 0.5) is 5.69 Å². The van der Waals surface area contributed by atoms with Crippen LogP contribution in [0.25, 0.3) is 0 Å². The van der Waals surface area contributed by atoms with E-state index in [0.29, 0.717) is 11.3 Å². The summed E-state index contributed by atoms with van der Waals surface area (Å²) in [6.45, 7) is 1.54. The minimum absolute atomic E-state index is 0.0104. The molecule has 104 valence electrons. The summed E-state index contributed by atoms with van der Waals surface area (Å²) in [5, 5.41) is 8.66. The van der Waals surface area contributed by atoms with E-state index in [0.717, 1.165) is 5.56 Å². The summed E-state index contributed by atoms with van der Waals surface area (Å²) in [5.74, 6) is 5.24. The second-order valence-electron chi connectivity index (χ2n) is 4.01. The van der Waals surface area contributed by atoms with Crippen LogP contribution in [-0.4, -0.2) is 30.1 Å². The van der Waals surface area contributed by atoms with Crippen molar-refractivity contribution in [1.82, 2.24) is 9.97 Å². The second-order valence-corrected chi connectivity index (χ2v) is 5.66. The minimum atomic E-state index is -3.70. The molecular formula is C13H13N3O3S. The van der Waals surface area contributed by atoms with Crippen molar-refractivity contribution in [3.63, 3.8) is 0 Å². The molecule has 2 rings (SSSR count). The summed E-state index contributed by atoms with van der Waals surface area (Å²) in [5.41, 5.74) is 1.82. The van der Waals surface area contributed by atoms with Crippen molar-refractivity contribution >= 4 is 15.7 Å². The molecule has 6 nitrogen and oxygen atoms in total. The van der Waals surface area contributed by atoms with Crippen LogP contribution in [0.2, 0.25) is 0 Å². The van der Waals surface area contributed by atoms with Crippen LogP contribution in [0.5, 0.6) is 0 Å². The third-order valence-corrected chi connectivity index (χ3v) is 3.85. The predicted molar refractivity (Wildman–Crippen MR) is 74.5 cm³/mol. The number of nitrogens with zero attached hydrogens (tertiary/aromatic N) is 1. The van der Waals surface area contributed by atoms with Crippen LogP contribution in [0.1, 0.15) is 11.1 Å². The van der Waals surface area contributed by atoms with Crippen LogP contribution in [0.15, 0.2) is 35.7 Å². The lowest BCUT2D eigenvalue weighted by Crippen LogP contribution is -2.14. The van der Waals surface area contributed by atoms with Crippen molar-refractivity contribution in [2.45, 2.75) is 11.9 Å². The van der Waals surface area contributed by atoms with Crippen molar-refractivity contribution in [2.24, 2.45) is 0 Å². The Bertz CT molecular complexity index is 756. The monoisotopic (exact) mass is 291 g/mol. The minimum Gasteiger partial charge on any atom is -0.384 e. The van der Waals surface area contributed by atoms with Crippen molar-refractivity contribution in [2.75, 3.05) is 11.3 Å². The first kappa shape index (κ1) is 14.1. The molecule has 1 aromatic carbocycles. The van der Waals surface area contributed by atoms with Gasteiger partial charge in [0.25, 0.3) is 10.0 Å². The Hall–Kier alpha value is -2.30. The van der Waals surface area contributed by atoms with Gasteiger partial charge in [-0.05, 0) is 24.6 Å². The molecule has 0 saturated carbocycles. The lowest BCUT2D eigenvalue weighted by atomic mass is 10.1. The van der Waals surface area contributed by atoms with Gasteiger partial charge in [0.2, 0.25) is 0 Å². The topological polar surface area (TPSA) is 95.1 Å². The van der Waals surface area contributed by atoms with E-state index in [-0.39, 0.29) is 11.6 Å². The fourth-order valence-electron chi connectivity index (χ4n) is 1.54. The predicted octanol–water partition coefficient (Wildman–Crippen LogP) is 0.863. The van der Waals surface area contributed by atoms with Crippen molar-refractivity contribution in [3.05, 3.63) is 41.9 Å². The number of hydrogen-bond acceptors (Lipinski definition) is 4. The number of aromatic amines is 1. The molecule has 1 heterocycles. The Morgan fingerprint density at radius 2 is 2.25 bits per heavy atom. The van der Waals surface area contributed by atoms with Gasteiger partial charge in [0.05, 0.1) is 18.2 Å². The van der Waals surface area contributed by atoms with Crippen LogP contribution in [0, 0.1) is 18.8 Å². The Balaban J connectivity index is 2.34. The van der Waals surface area contributed by atoms with Gasteiger partial charge in [-0.1, -0.05) is 17.9 Å². The van der Waals surface area contributed by atoms with E-state index in [2.05, 4.69) is 26.5 Å². The van der Waals surface area contributed by atoms with Gasteiger partial charge < -0.3 is 10.1 Å². The highest BCUT2D eigenvalue weighted by Gasteiger charge is 2.16. The molecular weight excluding hydrogens is 278 g/mol. The Labute approximate surface area is 116 Å². The molecule has 1 aromatic heterocycles. The molecule has 0 amide bonds. The molecule has 7 heteroatoms. The number of nitrogens with one attached hydrogen (secondary N) is 2. The molecule has 0 radical (unpaired) electrons. The Morgan fingerprint density at radius 1 is 1.45 bits per heavy atom. The van der Waals surface area contributed by atoms with E-state index in [1.54, 1.807) is 25.1 Å². The molecule has 0 bridgehead atoms. The lowest BCUT2D eigenvalue weighted by Gasteiger charge is -2.09. The second kappa shape index (κ2) is 5.77. The number of rotatable bonds is 3. The average molecular weight is 291 g/mol. The highest BCUT2D eigenvalue weighted by molar-refractivity contribution is 7.92. The van der Waals surface area contributed by atoms with Crippen molar-refractivity contribution < 1.29 is 13.5 Å². The molecule has 0 aliphatic rings. The number of aliphatic hydroxyl groups is 1. The van der Waals surface area contributed by atoms with Gasteiger partial charge in [0.15, 0.2) is 5.03 Å². The summed E-state index contributed by atoms with van der Waals surface area (Å²) < 4.78 is 26.6. The Morgan fingerprint density at radius 3 is 2.90 bits per heavy atom. The molecule has 0 aliphatic carbocycles. The SMILES string of the molecule is Cc1ccc(C#CCO)cc1NS(=O)(=O)c1cnc[nH]1. The van der Waals surface area contributed by atoms with Gasteiger partial charge in [0, 0.05) is 5.56 Å². The zero-order valence-corrected chi connectivity index (χ0v) is 11.5. The van der Waals surface area contributed by atoms with Gasteiger partial charge in [-0.15, -0.1) is 0 Å². The smallest absolute Gasteiger partial charge is 0.278 e. The van der Waals surface area contributed by atoms with E-state index in [1.807, 2.05) is 0 Å². The molecule has 0 atom stereocenters. The third kappa shape index (κ3) is 3.17. The molecule has 0 spiro atoms. The number of benzene rings is 1. The van der Waals surface area contributed by atoms with Crippen LogP contribution >= 0.6 is 0 Å². The van der Waals surface area contributed by atoms with Gasteiger partial charge in [-0.2, -0.15) is 8.42 Å². The molecule has 0 aliphatic heterocycles. The standard InChI is InChI=1S/C13H13N3O3S/c1-10-4-5-11(3-2-6-17)7-12(10)16-20(18,19)13-8-14-9-15-13/h4-5,7-9,16-17H,6H2,1H3,(H,14,15). The van der Waals surface area contributed by atoms with E-state index in [9.17, 15) is 8.42 Å². The maximum atomic E-state index is 12.1. The summed E-state index contributed by atoms with van der Waals surface area (Å²) in [6.07, 6.45) is 2.53. The largest absolute Gasteiger partial charge is 0.384 e. The van der Waals surface area contributed by atoms with Crippen LogP contribution in [-0.2, 0) is 10.0 Å². The summed E-state index contributed by atoms with van der Waals surface area (Å²) in [7, 11) is -3.70. The van der Waals surface area contributed by atoms with E-state index in [4.69, 9.17) is 5.11 Å². The molecule has 20 heavy (non-hydrogen) atoms. The number of sulfonamides is 1. The number of hydrogen-bond donors (Lipinski definition) is 3. The first-order chi connectivity index (χ1) is 9.53. The lowest BCUT2D eigenvalue weighted by molar-refractivity contribution is 0.350. The van der Waals surface area contributed by atoms with Crippen LogP contribution in [0.3, 0.4) is 0 Å². The van der Waals surface area contributed by atoms with Gasteiger partial charge in [0.1, 0.15) is 6.61 Å². The number of imidazole rings is 1. The Kier molecular flexibility index (Phi) is 4.08. The summed E-state index contributed by atoms with van der Waals surface area (Å²) in [4.78, 5) is 6.23. The quantitative estimate of drug-likeness (QED) is 0.731.